The Kier molecular flexibility index (Phi) is 2.09. The summed E-state index contributed by atoms with van der Waals surface area (Å²) in [6.07, 6.45) is 7.43. The molecule has 0 amide bonds. The van der Waals surface area contributed by atoms with E-state index in [4.69, 9.17) is 5.11 Å². The third kappa shape index (κ3) is 1.47. The fourth-order valence-corrected chi connectivity index (χ4v) is 2.96. The van der Waals surface area contributed by atoms with E-state index in [1.165, 1.54) is 32.1 Å². The molecule has 0 radical (unpaired) electrons. The van der Waals surface area contributed by atoms with Crippen molar-refractivity contribution in [3.05, 3.63) is 0 Å². The number of hydrogen-bond acceptors (Lipinski definition) is 1. The van der Waals surface area contributed by atoms with E-state index in [-0.39, 0.29) is 11.3 Å². The Bertz CT molecular complexity index is 218. The molecule has 2 atom stereocenters. The van der Waals surface area contributed by atoms with Crippen LogP contribution in [0, 0.1) is 17.3 Å². The Morgan fingerprint density at radius 1 is 1.31 bits per heavy atom. The van der Waals surface area contributed by atoms with Crippen molar-refractivity contribution >= 4 is 5.97 Å². The molecule has 0 aromatic rings. The predicted molar refractivity (Wildman–Crippen MR) is 50.4 cm³/mol. The molecule has 0 aliphatic heterocycles. The molecule has 0 aromatic heterocycles. The number of carboxylic acids is 1. The Balaban J connectivity index is 1.97. The molecule has 0 aromatic carbocycles. The number of rotatable bonds is 2. The number of hydrogen-bond donors (Lipinski definition) is 1. The summed E-state index contributed by atoms with van der Waals surface area (Å²) in [5.74, 6) is 0.0889. The summed E-state index contributed by atoms with van der Waals surface area (Å²) in [6.45, 7) is 2.17. The lowest BCUT2D eigenvalue weighted by Crippen LogP contribution is -2.20. The first kappa shape index (κ1) is 9.04. The molecule has 0 heterocycles. The van der Waals surface area contributed by atoms with Gasteiger partial charge in [-0.25, -0.2) is 0 Å². The Labute approximate surface area is 79.3 Å². The number of aliphatic carboxylic acids is 1. The molecule has 74 valence electrons. The van der Waals surface area contributed by atoms with Gasteiger partial charge in [-0.2, -0.15) is 0 Å². The van der Waals surface area contributed by atoms with Crippen molar-refractivity contribution in [2.24, 2.45) is 17.3 Å². The highest BCUT2D eigenvalue weighted by molar-refractivity contribution is 5.74. The SMILES string of the molecule is CC1(C2CCCCC2)CC1C(=O)O. The molecular weight excluding hydrogens is 164 g/mol. The summed E-state index contributed by atoms with van der Waals surface area (Å²) in [5.41, 5.74) is 0.159. The van der Waals surface area contributed by atoms with Gasteiger partial charge in [-0.05, 0) is 30.6 Å². The molecule has 2 aliphatic carbocycles. The fraction of sp³-hybridized carbons (Fsp3) is 0.909. The highest BCUT2D eigenvalue weighted by Gasteiger charge is 2.58. The Morgan fingerprint density at radius 3 is 2.38 bits per heavy atom. The average molecular weight is 182 g/mol. The molecule has 2 nitrogen and oxygen atoms in total. The standard InChI is InChI=1S/C11H18O2/c1-11(7-9(11)10(12)13)8-5-3-2-4-6-8/h8-9H,2-7H2,1H3,(H,12,13). The van der Waals surface area contributed by atoms with Crippen molar-refractivity contribution in [3.63, 3.8) is 0 Å². The quantitative estimate of drug-likeness (QED) is 0.713. The van der Waals surface area contributed by atoms with E-state index in [2.05, 4.69) is 6.92 Å². The lowest BCUT2D eigenvalue weighted by Gasteiger charge is -2.28. The predicted octanol–water partition coefficient (Wildman–Crippen LogP) is 2.68. The number of carboxylic acid groups (broad SMARTS) is 1. The van der Waals surface area contributed by atoms with Gasteiger partial charge in [0.1, 0.15) is 0 Å². The van der Waals surface area contributed by atoms with Crippen LogP contribution in [0.4, 0.5) is 0 Å². The van der Waals surface area contributed by atoms with E-state index in [1.807, 2.05) is 0 Å². The zero-order chi connectivity index (χ0) is 9.47. The molecule has 2 saturated carbocycles. The molecule has 2 unspecified atom stereocenters. The largest absolute Gasteiger partial charge is 0.481 e. The van der Waals surface area contributed by atoms with Crippen molar-refractivity contribution in [2.45, 2.75) is 45.4 Å². The molecule has 2 fully saturated rings. The van der Waals surface area contributed by atoms with Crippen LogP contribution in [0.3, 0.4) is 0 Å². The second-order valence-corrected chi connectivity index (χ2v) is 4.94. The van der Waals surface area contributed by atoms with Gasteiger partial charge < -0.3 is 5.11 Å². The van der Waals surface area contributed by atoms with E-state index in [0.29, 0.717) is 5.92 Å². The molecule has 2 aliphatic rings. The van der Waals surface area contributed by atoms with Crippen LogP contribution in [0.1, 0.15) is 45.4 Å². The Morgan fingerprint density at radius 2 is 1.92 bits per heavy atom. The third-order valence-corrected chi connectivity index (χ3v) is 4.12. The minimum Gasteiger partial charge on any atom is -0.481 e. The van der Waals surface area contributed by atoms with E-state index < -0.39 is 5.97 Å². The average Bonchev–Trinajstić information content (AvgIpc) is 2.82. The van der Waals surface area contributed by atoms with Gasteiger partial charge in [-0.1, -0.05) is 26.2 Å². The van der Waals surface area contributed by atoms with Gasteiger partial charge in [0.2, 0.25) is 0 Å². The maximum absolute atomic E-state index is 10.8. The topological polar surface area (TPSA) is 37.3 Å². The van der Waals surface area contributed by atoms with Crippen molar-refractivity contribution < 1.29 is 9.90 Å². The van der Waals surface area contributed by atoms with Gasteiger partial charge in [-0.3, -0.25) is 4.79 Å². The summed E-state index contributed by atoms with van der Waals surface area (Å²) in [4.78, 5) is 10.8. The minimum absolute atomic E-state index is 0.0319. The van der Waals surface area contributed by atoms with Gasteiger partial charge >= 0.3 is 5.97 Å². The molecular formula is C11H18O2. The zero-order valence-electron chi connectivity index (χ0n) is 8.25. The number of carbonyl (C=O) groups is 1. The summed E-state index contributed by atoms with van der Waals surface area (Å²) < 4.78 is 0. The highest BCUT2D eigenvalue weighted by Crippen LogP contribution is 2.60. The van der Waals surface area contributed by atoms with Crippen LogP contribution in [0.5, 0.6) is 0 Å². The molecule has 2 heteroatoms. The molecule has 0 saturated heterocycles. The van der Waals surface area contributed by atoms with Crippen molar-refractivity contribution in [2.75, 3.05) is 0 Å². The van der Waals surface area contributed by atoms with Gasteiger partial charge in [0.15, 0.2) is 0 Å². The van der Waals surface area contributed by atoms with Gasteiger partial charge in [-0.15, -0.1) is 0 Å². The smallest absolute Gasteiger partial charge is 0.307 e. The normalized spacial score (nSPS) is 40.2. The van der Waals surface area contributed by atoms with Crippen LogP contribution in [-0.4, -0.2) is 11.1 Å². The highest BCUT2D eigenvalue weighted by atomic mass is 16.4. The minimum atomic E-state index is -0.576. The summed E-state index contributed by atoms with van der Waals surface area (Å²) in [7, 11) is 0. The molecule has 0 spiro atoms. The van der Waals surface area contributed by atoms with Crippen LogP contribution in [-0.2, 0) is 4.79 Å². The van der Waals surface area contributed by atoms with Gasteiger partial charge in [0.05, 0.1) is 5.92 Å². The summed E-state index contributed by atoms with van der Waals surface area (Å²) in [6, 6.07) is 0. The van der Waals surface area contributed by atoms with Gasteiger partial charge in [0, 0.05) is 0 Å². The molecule has 1 N–H and O–H groups in total. The summed E-state index contributed by atoms with van der Waals surface area (Å²) >= 11 is 0. The van der Waals surface area contributed by atoms with E-state index >= 15 is 0 Å². The monoisotopic (exact) mass is 182 g/mol. The summed E-state index contributed by atoms with van der Waals surface area (Å²) in [5, 5.41) is 8.92. The van der Waals surface area contributed by atoms with Crippen LogP contribution in [0.2, 0.25) is 0 Å². The zero-order valence-corrected chi connectivity index (χ0v) is 8.25. The van der Waals surface area contributed by atoms with Crippen molar-refractivity contribution in [1.82, 2.24) is 0 Å². The molecule has 13 heavy (non-hydrogen) atoms. The van der Waals surface area contributed by atoms with Crippen LogP contribution < -0.4 is 0 Å². The maximum atomic E-state index is 10.8. The van der Waals surface area contributed by atoms with Crippen LogP contribution in [0.15, 0.2) is 0 Å². The second kappa shape index (κ2) is 3.00. The van der Waals surface area contributed by atoms with Crippen molar-refractivity contribution in [3.8, 4) is 0 Å². The maximum Gasteiger partial charge on any atom is 0.307 e. The lowest BCUT2D eigenvalue weighted by molar-refractivity contribution is -0.139. The lowest BCUT2D eigenvalue weighted by atomic mass is 9.77. The second-order valence-electron chi connectivity index (χ2n) is 4.94. The first-order valence-electron chi connectivity index (χ1n) is 5.37. The molecule has 2 rings (SSSR count). The van der Waals surface area contributed by atoms with Crippen LogP contribution >= 0.6 is 0 Å². The Hall–Kier alpha value is -0.530. The molecule has 0 bridgehead atoms. The van der Waals surface area contributed by atoms with Crippen molar-refractivity contribution in [1.29, 1.82) is 0 Å². The van der Waals surface area contributed by atoms with Gasteiger partial charge in [0.25, 0.3) is 0 Å². The van der Waals surface area contributed by atoms with Crippen LogP contribution in [0.25, 0.3) is 0 Å². The fourth-order valence-electron chi connectivity index (χ4n) is 2.96. The van der Waals surface area contributed by atoms with E-state index in [1.54, 1.807) is 0 Å². The first-order chi connectivity index (χ1) is 6.14. The van der Waals surface area contributed by atoms with E-state index in [0.717, 1.165) is 6.42 Å². The first-order valence-corrected chi connectivity index (χ1v) is 5.37. The third-order valence-electron chi connectivity index (χ3n) is 4.12. The van der Waals surface area contributed by atoms with E-state index in [9.17, 15) is 4.79 Å².